The van der Waals surface area contributed by atoms with E-state index >= 15 is 0 Å². The Bertz CT molecular complexity index is 768. The maximum Gasteiger partial charge on any atom is 0.338 e. The fourth-order valence-electron chi connectivity index (χ4n) is 3.87. The van der Waals surface area contributed by atoms with Gasteiger partial charge < -0.3 is 9.47 Å². The van der Waals surface area contributed by atoms with Crippen molar-refractivity contribution in [1.29, 1.82) is 0 Å². The molecule has 1 aromatic rings. The number of hydrogen-bond donors (Lipinski definition) is 0. The zero-order valence-electron chi connectivity index (χ0n) is 13.4. The SMILES string of the molecule is CCOC(=O)c1ccc(N2C(=O)[C@H]3[C@@H]4C=C[C@@](C)(O4)[C@@H]3C2=O)cc1. The standard InChI is InChI=1S/C18H17NO5/c1-3-23-17(22)10-4-6-11(7-5-10)19-15(20)13-12-8-9-18(2,24-12)14(13)16(19)21/h4-9,12-14H,3H2,1-2H3/t12-,13-,14-,18+/m0/s1. The number of hydrogen-bond acceptors (Lipinski definition) is 5. The van der Waals surface area contributed by atoms with E-state index < -0.39 is 23.4 Å². The summed E-state index contributed by atoms with van der Waals surface area (Å²) in [6.07, 6.45) is 3.40. The summed E-state index contributed by atoms with van der Waals surface area (Å²) >= 11 is 0. The molecule has 0 unspecified atom stereocenters. The molecular weight excluding hydrogens is 310 g/mol. The molecule has 0 saturated carbocycles. The van der Waals surface area contributed by atoms with Crippen LogP contribution in [0.15, 0.2) is 36.4 Å². The van der Waals surface area contributed by atoms with Crippen LogP contribution >= 0.6 is 0 Å². The number of anilines is 1. The average Bonchev–Trinajstić information content (AvgIpc) is 3.17. The van der Waals surface area contributed by atoms with Gasteiger partial charge in [-0.05, 0) is 38.1 Å². The normalized spacial score (nSPS) is 33.2. The summed E-state index contributed by atoms with van der Waals surface area (Å²) in [5.74, 6) is -1.86. The van der Waals surface area contributed by atoms with Gasteiger partial charge in [0.05, 0.1) is 41.4 Å². The van der Waals surface area contributed by atoms with Crippen LogP contribution in [0.2, 0.25) is 0 Å². The highest BCUT2D eigenvalue weighted by atomic mass is 16.5. The second kappa shape index (κ2) is 5.01. The van der Waals surface area contributed by atoms with Crippen LogP contribution in [-0.2, 0) is 19.1 Å². The molecule has 0 aliphatic carbocycles. The van der Waals surface area contributed by atoms with Crippen molar-refractivity contribution in [2.24, 2.45) is 11.8 Å². The second-order valence-electron chi connectivity index (χ2n) is 6.41. The van der Waals surface area contributed by atoms with E-state index in [1.807, 2.05) is 19.1 Å². The van der Waals surface area contributed by atoms with Gasteiger partial charge in [-0.1, -0.05) is 12.2 Å². The van der Waals surface area contributed by atoms with Crippen LogP contribution in [0.1, 0.15) is 24.2 Å². The van der Waals surface area contributed by atoms with Gasteiger partial charge in [0.15, 0.2) is 0 Å². The summed E-state index contributed by atoms with van der Waals surface area (Å²) in [5.41, 5.74) is 0.147. The van der Waals surface area contributed by atoms with Gasteiger partial charge in [-0.25, -0.2) is 9.69 Å². The highest BCUT2D eigenvalue weighted by Gasteiger charge is 2.65. The third-order valence-corrected chi connectivity index (χ3v) is 4.97. The highest BCUT2D eigenvalue weighted by molar-refractivity contribution is 6.23. The van der Waals surface area contributed by atoms with Crippen LogP contribution in [0.25, 0.3) is 0 Å². The quantitative estimate of drug-likeness (QED) is 0.480. The Kier molecular flexibility index (Phi) is 3.15. The van der Waals surface area contributed by atoms with Crippen molar-refractivity contribution < 1.29 is 23.9 Å². The first kappa shape index (κ1) is 15.1. The molecule has 124 valence electrons. The molecule has 0 N–H and O–H groups in total. The Morgan fingerprint density at radius 1 is 1.25 bits per heavy atom. The van der Waals surface area contributed by atoms with Crippen molar-refractivity contribution in [3.05, 3.63) is 42.0 Å². The van der Waals surface area contributed by atoms with Gasteiger partial charge in [-0.15, -0.1) is 0 Å². The molecule has 0 spiro atoms. The number of amides is 2. The lowest BCUT2D eigenvalue weighted by Gasteiger charge is -2.24. The van der Waals surface area contributed by atoms with Crippen LogP contribution in [0.5, 0.6) is 0 Å². The first-order valence-electron chi connectivity index (χ1n) is 7.98. The summed E-state index contributed by atoms with van der Waals surface area (Å²) < 4.78 is 10.7. The number of imide groups is 1. The van der Waals surface area contributed by atoms with Crippen LogP contribution in [-0.4, -0.2) is 36.1 Å². The number of carbonyl (C=O) groups excluding carboxylic acids is 3. The van der Waals surface area contributed by atoms with E-state index in [9.17, 15) is 14.4 Å². The Balaban J connectivity index is 1.63. The fourth-order valence-corrected chi connectivity index (χ4v) is 3.87. The molecule has 24 heavy (non-hydrogen) atoms. The molecule has 3 heterocycles. The van der Waals surface area contributed by atoms with Gasteiger partial charge in [0.1, 0.15) is 0 Å². The second-order valence-corrected chi connectivity index (χ2v) is 6.41. The Hall–Kier alpha value is -2.47. The van der Waals surface area contributed by atoms with Crippen molar-refractivity contribution in [1.82, 2.24) is 0 Å². The lowest BCUT2D eigenvalue weighted by molar-refractivity contribution is -0.126. The van der Waals surface area contributed by atoms with Crippen LogP contribution in [0.4, 0.5) is 5.69 Å². The molecule has 0 aromatic heterocycles. The first-order chi connectivity index (χ1) is 11.5. The first-order valence-corrected chi connectivity index (χ1v) is 7.98. The molecule has 6 heteroatoms. The minimum atomic E-state index is -0.707. The summed E-state index contributed by atoms with van der Waals surface area (Å²) in [6, 6.07) is 6.32. The van der Waals surface area contributed by atoms with E-state index in [2.05, 4.69) is 0 Å². The topological polar surface area (TPSA) is 72.9 Å². The lowest BCUT2D eigenvalue weighted by atomic mass is 9.78. The smallest absolute Gasteiger partial charge is 0.338 e. The molecule has 2 fully saturated rings. The molecule has 2 bridgehead atoms. The third-order valence-electron chi connectivity index (χ3n) is 4.97. The number of esters is 1. The van der Waals surface area contributed by atoms with Gasteiger partial charge in [0.25, 0.3) is 0 Å². The van der Waals surface area contributed by atoms with E-state index in [0.717, 1.165) is 0 Å². The number of rotatable bonds is 3. The molecule has 1 aromatic carbocycles. The van der Waals surface area contributed by atoms with E-state index in [1.165, 1.54) is 4.90 Å². The minimum Gasteiger partial charge on any atom is -0.462 e. The molecule has 4 atom stereocenters. The predicted molar refractivity (Wildman–Crippen MR) is 84.3 cm³/mol. The third kappa shape index (κ3) is 1.89. The van der Waals surface area contributed by atoms with Crippen molar-refractivity contribution >= 4 is 23.5 Å². The van der Waals surface area contributed by atoms with Gasteiger partial charge in [0, 0.05) is 0 Å². The lowest BCUT2D eigenvalue weighted by Crippen LogP contribution is -2.38. The fraction of sp³-hybridized carbons (Fsp3) is 0.389. The number of fused-ring (bicyclic) bond motifs is 5. The van der Waals surface area contributed by atoms with E-state index in [4.69, 9.17) is 9.47 Å². The Morgan fingerprint density at radius 3 is 2.58 bits per heavy atom. The molecule has 6 nitrogen and oxygen atoms in total. The molecular formula is C18H17NO5. The number of carbonyl (C=O) groups is 3. The van der Waals surface area contributed by atoms with Gasteiger partial charge >= 0.3 is 5.97 Å². The minimum absolute atomic E-state index is 0.244. The number of ether oxygens (including phenoxy) is 2. The zero-order chi connectivity index (χ0) is 17.1. The predicted octanol–water partition coefficient (Wildman–Crippen LogP) is 1.70. The van der Waals surface area contributed by atoms with Gasteiger partial charge in [-0.3, -0.25) is 9.59 Å². The number of benzene rings is 1. The molecule has 0 radical (unpaired) electrons. The average molecular weight is 327 g/mol. The molecule has 3 aliphatic rings. The van der Waals surface area contributed by atoms with Crippen LogP contribution < -0.4 is 4.90 Å². The van der Waals surface area contributed by atoms with Crippen molar-refractivity contribution in [2.45, 2.75) is 25.6 Å². The monoisotopic (exact) mass is 327 g/mol. The summed E-state index contributed by atoms with van der Waals surface area (Å²) in [5, 5.41) is 0. The molecule has 2 saturated heterocycles. The van der Waals surface area contributed by atoms with Gasteiger partial charge in [0.2, 0.25) is 11.8 Å². The summed E-state index contributed by atoms with van der Waals surface area (Å²) in [4.78, 5) is 38.5. The molecule has 4 rings (SSSR count). The largest absolute Gasteiger partial charge is 0.462 e. The van der Waals surface area contributed by atoms with Crippen molar-refractivity contribution in [2.75, 3.05) is 11.5 Å². The molecule has 3 aliphatic heterocycles. The maximum atomic E-state index is 12.8. The van der Waals surface area contributed by atoms with E-state index in [-0.39, 0.29) is 17.9 Å². The zero-order valence-corrected chi connectivity index (χ0v) is 13.4. The number of nitrogens with zero attached hydrogens (tertiary/aromatic N) is 1. The van der Waals surface area contributed by atoms with Crippen LogP contribution in [0.3, 0.4) is 0 Å². The van der Waals surface area contributed by atoms with Crippen molar-refractivity contribution in [3.8, 4) is 0 Å². The summed E-state index contributed by atoms with van der Waals surface area (Å²) in [7, 11) is 0. The van der Waals surface area contributed by atoms with Crippen molar-refractivity contribution in [3.63, 3.8) is 0 Å². The summed E-state index contributed by atoms with van der Waals surface area (Å²) in [6.45, 7) is 3.87. The van der Waals surface area contributed by atoms with E-state index in [0.29, 0.717) is 17.9 Å². The van der Waals surface area contributed by atoms with Gasteiger partial charge in [-0.2, -0.15) is 0 Å². The Morgan fingerprint density at radius 2 is 1.96 bits per heavy atom. The van der Waals surface area contributed by atoms with E-state index in [1.54, 1.807) is 31.2 Å². The Labute approximate surface area is 139 Å². The molecule has 2 amide bonds. The highest BCUT2D eigenvalue weighted by Crippen LogP contribution is 2.52. The maximum absolute atomic E-state index is 12.8. The van der Waals surface area contributed by atoms with Crippen LogP contribution in [0, 0.1) is 11.8 Å².